The fourth-order valence-corrected chi connectivity index (χ4v) is 3.45. The van der Waals surface area contributed by atoms with Gasteiger partial charge in [0.25, 0.3) is 0 Å². The second kappa shape index (κ2) is 9.73. The Labute approximate surface area is 178 Å². The first-order valence-corrected chi connectivity index (χ1v) is 10.2. The number of aromatic nitrogens is 1. The summed E-state index contributed by atoms with van der Waals surface area (Å²) in [6.07, 6.45) is 1.72. The monoisotopic (exact) mass is 491 g/mol. The van der Waals surface area contributed by atoms with E-state index in [9.17, 15) is 4.79 Å². The van der Waals surface area contributed by atoms with Gasteiger partial charge in [-0.25, -0.2) is 0 Å². The first kappa shape index (κ1) is 20.4. The predicted molar refractivity (Wildman–Crippen MR) is 114 cm³/mol. The molecule has 1 unspecified atom stereocenters. The zero-order chi connectivity index (χ0) is 19.9. The SMILES string of the molecule is CCOC(=O)CC(c1ccc(OCc2ccc(C)c(I)c2)cc1)c1ccon1. The summed E-state index contributed by atoms with van der Waals surface area (Å²) in [5, 5.41) is 4.01. The molecule has 0 spiro atoms. The number of carbonyl (C=O) groups is 1. The summed E-state index contributed by atoms with van der Waals surface area (Å²) in [5.41, 5.74) is 4.05. The number of halogens is 1. The number of hydrogen-bond acceptors (Lipinski definition) is 5. The van der Waals surface area contributed by atoms with Crippen LogP contribution in [-0.4, -0.2) is 17.7 Å². The van der Waals surface area contributed by atoms with E-state index in [1.165, 1.54) is 15.4 Å². The molecule has 28 heavy (non-hydrogen) atoms. The van der Waals surface area contributed by atoms with Crippen LogP contribution in [0.2, 0.25) is 0 Å². The Kier molecular flexibility index (Phi) is 7.08. The molecule has 1 atom stereocenters. The van der Waals surface area contributed by atoms with Gasteiger partial charge in [-0.1, -0.05) is 29.4 Å². The molecule has 0 aliphatic heterocycles. The highest BCUT2D eigenvalue weighted by Crippen LogP contribution is 2.29. The number of ether oxygens (including phenoxy) is 2. The van der Waals surface area contributed by atoms with Crippen molar-refractivity contribution in [1.29, 1.82) is 0 Å². The Morgan fingerprint density at radius 1 is 1.18 bits per heavy atom. The van der Waals surface area contributed by atoms with Crippen LogP contribution >= 0.6 is 22.6 Å². The summed E-state index contributed by atoms with van der Waals surface area (Å²) in [6.45, 7) is 4.75. The van der Waals surface area contributed by atoms with Gasteiger partial charge in [-0.15, -0.1) is 0 Å². The molecule has 0 radical (unpaired) electrons. The molecule has 0 N–H and O–H groups in total. The minimum atomic E-state index is -0.259. The Balaban J connectivity index is 1.69. The third-order valence-electron chi connectivity index (χ3n) is 4.42. The van der Waals surface area contributed by atoms with Crippen LogP contribution in [0.15, 0.2) is 59.3 Å². The second-order valence-electron chi connectivity index (χ2n) is 6.43. The van der Waals surface area contributed by atoms with E-state index in [2.05, 4.69) is 52.9 Å². The van der Waals surface area contributed by atoms with E-state index in [-0.39, 0.29) is 18.3 Å². The van der Waals surface area contributed by atoms with Crippen LogP contribution in [0.1, 0.15) is 41.6 Å². The first-order chi connectivity index (χ1) is 13.6. The van der Waals surface area contributed by atoms with E-state index in [0.717, 1.165) is 16.9 Å². The number of carbonyl (C=O) groups excluding carboxylic acids is 1. The van der Waals surface area contributed by atoms with Gasteiger partial charge < -0.3 is 14.0 Å². The standard InChI is InChI=1S/C22H22INO4/c1-3-26-22(25)13-19(21-10-11-28-24-21)17-6-8-18(9-7-17)27-14-16-5-4-15(2)20(23)12-16/h4-12,19H,3,13-14H2,1-2H3. The van der Waals surface area contributed by atoms with Gasteiger partial charge >= 0.3 is 5.97 Å². The third-order valence-corrected chi connectivity index (χ3v) is 5.58. The lowest BCUT2D eigenvalue weighted by atomic mass is 9.92. The van der Waals surface area contributed by atoms with Crippen molar-refractivity contribution in [1.82, 2.24) is 5.16 Å². The number of rotatable bonds is 8. The number of nitrogens with zero attached hydrogens (tertiary/aromatic N) is 1. The molecule has 6 heteroatoms. The molecule has 0 saturated carbocycles. The van der Waals surface area contributed by atoms with Gasteiger partial charge in [0.1, 0.15) is 18.6 Å². The number of benzene rings is 2. The minimum Gasteiger partial charge on any atom is -0.489 e. The van der Waals surface area contributed by atoms with E-state index in [4.69, 9.17) is 14.0 Å². The summed E-state index contributed by atoms with van der Waals surface area (Å²) in [6, 6.07) is 15.8. The normalized spacial score (nSPS) is 11.8. The van der Waals surface area contributed by atoms with Crippen LogP contribution in [0.4, 0.5) is 0 Å². The van der Waals surface area contributed by atoms with Crippen molar-refractivity contribution in [3.8, 4) is 5.75 Å². The van der Waals surface area contributed by atoms with Gasteiger partial charge in [-0.2, -0.15) is 0 Å². The predicted octanol–water partition coefficient (Wildman–Crippen LogP) is 5.25. The maximum atomic E-state index is 12.0. The Bertz CT molecular complexity index is 907. The molecule has 0 amide bonds. The molecule has 3 aromatic rings. The van der Waals surface area contributed by atoms with E-state index < -0.39 is 0 Å². The van der Waals surface area contributed by atoms with Crippen LogP contribution in [0.5, 0.6) is 5.75 Å². The number of aryl methyl sites for hydroxylation is 1. The molecule has 0 fully saturated rings. The van der Waals surface area contributed by atoms with Crippen molar-refractivity contribution < 1.29 is 18.8 Å². The maximum absolute atomic E-state index is 12.0. The largest absolute Gasteiger partial charge is 0.489 e. The lowest BCUT2D eigenvalue weighted by Gasteiger charge is -2.15. The minimum absolute atomic E-state index is 0.211. The van der Waals surface area contributed by atoms with Gasteiger partial charge in [-0.3, -0.25) is 4.79 Å². The molecule has 2 aromatic carbocycles. The van der Waals surface area contributed by atoms with Gasteiger partial charge in [0.2, 0.25) is 0 Å². The molecular weight excluding hydrogens is 469 g/mol. The molecule has 146 valence electrons. The van der Waals surface area contributed by atoms with Gasteiger partial charge in [0.15, 0.2) is 0 Å². The van der Waals surface area contributed by atoms with Crippen molar-refractivity contribution >= 4 is 28.6 Å². The van der Waals surface area contributed by atoms with Gasteiger partial charge in [-0.05, 0) is 71.3 Å². The molecule has 1 aromatic heterocycles. The molecule has 5 nitrogen and oxygen atoms in total. The zero-order valence-corrected chi connectivity index (χ0v) is 18.0. The van der Waals surface area contributed by atoms with Gasteiger partial charge in [0.05, 0.1) is 18.7 Å². The van der Waals surface area contributed by atoms with Crippen molar-refractivity contribution in [2.24, 2.45) is 0 Å². The Morgan fingerprint density at radius 2 is 1.96 bits per heavy atom. The summed E-state index contributed by atoms with van der Waals surface area (Å²) >= 11 is 2.33. The highest BCUT2D eigenvalue weighted by molar-refractivity contribution is 14.1. The fourth-order valence-electron chi connectivity index (χ4n) is 2.87. The molecule has 0 bridgehead atoms. The third kappa shape index (κ3) is 5.34. The van der Waals surface area contributed by atoms with E-state index in [1.54, 1.807) is 13.0 Å². The van der Waals surface area contributed by atoms with Crippen LogP contribution in [0.25, 0.3) is 0 Å². The lowest BCUT2D eigenvalue weighted by Crippen LogP contribution is -2.12. The first-order valence-electron chi connectivity index (χ1n) is 9.10. The number of esters is 1. The van der Waals surface area contributed by atoms with Gasteiger partial charge in [0, 0.05) is 15.6 Å². The molecule has 0 saturated heterocycles. The van der Waals surface area contributed by atoms with Crippen LogP contribution < -0.4 is 4.74 Å². The van der Waals surface area contributed by atoms with Crippen LogP contribution in [-0.2, 0) is 16.1 Å². The van der Waals surface area contributed by atoms with Crippen molar-refractivity contribution in [3.05, 3.63) is 80.7 Å². The summed E-state index contributed by atoms with van der Waals surface area (Å²) in [4.78, 5) is 12.0. The molecule has 1 heterocycles. The summed E-state index contributed by atoms with van der Waals surface area (Å²) in [7, 11) is 0. The Hall–Kier alpha value is -2.35. The topological polar surface area (TPSA) is 61.6 Å². The van der Waals surface area contributed by atoms with E-state index in [0.29, 0.717) is 18.9 Å². The lowest BCUT2D eigenvalue weighted by molar-refractivity contribution is -0.143. The molecule has 3 rings (SSSR count). The average molecular weight is 491 g/mol. The van der Waals surface area contributed by atoms with Crippen LogP contribution in [0, 0.1) is 10.5 Å². The second-order valence-corrected chi connectivity index (χ2v) is 7.59. The average Bonchev–Trinajstić information content (AvgIpc) is 3.22. The van der Waals surface area contributed by atoms with Crippen molar-refractivity contribution in [3.63, 3.8) is 0 Å². The molecular formula is C22H22INO4. The highest BCUT2D eigenvalue weighted by Gasteiger charge is 2.21. The summed E-state index contributed by atoms with van der Waals surface area (Å²) < 4.78 is 17.2. The smallest absolute Gasteiger partial charge is 0.306 e. The van der Waals surface area contributed by atoms with Crippen molar-refractivity contribution in [2.75, 3.05) is 6.61 Å². The maximum Gasteiger partial charge on any atom is 0.306 e. The summed E-state index contributed by atoms with van der Waals surface area (Å²) in [5.74, 6) is 0.296. The van der Waals surface area contributed by atoms with Crippen molar-refractivity contribution in [2.45, 2.75) is 32.8 Å². The number of hydrogen-bond donors (Lipinski definition) is 0. The zero-order valence-electron chi connectivity index (χ0n) is 15.9. The van der Waals surface area contributed by atoms with Crippen LogP contribution in [0.3, 0.4) is 0 Å². The Morgan fingerprint density at radius 3 is 2.61 bits per heavy atom. The van der Waals surface area contributed by atoms with E-state index in [1.807, 2.05) is 24.3 Å². The molecule has 0 aliphatic rings. The quantitative estimate of drug-likeness (QED) is 0.318. The van der Waals surface area contributed by atoms with E-state index >= 15 is 0 Å². The highest BCUT2D eigenvalue weighted by atomic mass is 127. The fraction of sp³-hybridized carbons (Fsp3) is 0.273. The molecule has 0 aliphatic carbocycles.